The van der Waals surface area contributed by atoms with Crippen LogP contribution in [0.15, 0.2) is 33.1 Å². The molecule has 0 radical (unpaired) electrons. The second kappa shape index (κ2) is 5.99. The molecule has 0 bridgehead atoms. The SMILES string of the molecule is Cc1cc(C)nc(SCC(=O)c2ccc(Br)s2)c1. The maximum atomic E-state index is 11.9. The van der Waals surface area contributed by atoms with Gasteiger partial charge in [0.25, 0.3) is 0 Å². The number of thioether (sulfide) groups is 1. The Morgan fingerprint density at radius 2 is 2.17 bits per heavy atom. The zero-order chi connectivity index (χ0) is 13.1. The Morgan fingerprint density at radius 3 is 2.78 bits per heavy atom. The molecule has 94 valence electrons. The second-order valence-electron chi connectivity index (χ2n) is 3.94. The van der Waals surface area contributed by atoms with Crippen LogP contribution < -0.4 is 0 Å². The number of thiophene rings is 1. The molecule has 0 atom stereocenters. The van der Waals surface area contributed by atoms with Gasteiger partial charge in [0.2, 0.25) is 0 Å². The summed E-state index contributed by atoms with van der Waals surface area (Å²) in [7, 11) is 0. The molecule has 2 aromatic heterocycles. The van der Waals surface area contributed by atoms with E-state index in [2.05, 4.69) is 20.9 Å². The maximum absolute atomic E-state index is 11.9. The van der Waals surface area contributed by atoms with Gasteiger partial charge in [-0.3, -0.25) is 4.79 Å². The fourth-order valence-electron chi connectivity index (χ4n) is 1.55. The Hall–Kier alpha value is -0.650. The molecule has 2 heterocycles. The Kier molecular flexibility index (Phi) is 4.59. The Bertz CT molecular complexity index is 560. The first-order valence-electron chi connectivity index (χ1n) is 5.41. The quantitative estimate of drug-likeness (QED) is 0.605. The topological polar surface area (TPSA) is 30.0 Å². The minimum atomic E-state index is 0.150. The molecule has 0 N–H and O–H groups in total. The van der Waals surface area contributed by atoms with Crippen molar-refractivity contribution in [2.45, 2.75) is 18.9 Å². The normalized spacial score (nSPS) is 10.6. The number of hydrogen-bond donors (Lipinski definition) is 0. The summed E-state index contributed by atoms with van der Waals surface area (Å²) >= 11 is 6.33. The van der Waals surface area contributed by atoms with Crippen LogP contribution in [0, 0.1) is 13.8 Å². The molecule has 0 aliphatic rings. The van der Waals surface area contributed by atoms with Crippen molar-refractivity contribution in [3.05, 3.63) is 44.2 Å². The van der Waals surface area contributed by atoms with Crippen molar-refractivity contribution in [2.24, 2.45) is 0 Å². The van der Waals surface area contributed by atoms with Crippen molar-refractivity contribution in [1.29, 1.82) is 0 Å². The van der Waals surface area contributed by atoms with Gasteiger partial charge in [-0.05, 0) is 59.6 Å². The lowest BCUT2D eigenvalue weighted by atomic mass is 10.3. The van der Waals surface area contributed by atoms with Crippen LogP contribution in [0.3, 0.4) is 0 Å². The van der Waals surface area contributed by atoms with Gasteiger partial charge in [-0.25, -0.2) is 4.98 Å². The van der Waals surface area contributed by atoms with E-state index in [0.717, 1.165) is 19.4 Å². The lowest BCUT2D eigenvalue weighted by molar-refractivity contribution is 0.102. The third kappa shape index (κ3) is 3.67. The number of nitrogens with zero attached hydrogens (tertiary/aromatic N) is 1. The highest BCUT2D eigenvalue weighted by atomic mass is 79.9. The van der Waals surface area contributed by atoms with Crippen LogP contribution in [0.1, 0.15) is 20.9 Å². The van der Waals surface area contributed by atoms with E-state index in [1.807, 2.05) is 38.1 Å². The van der Waals surface area contributed by atoms with Crippen LogP contribution in [0.2, 0.25) is 0 Å². The number of carbonyl (C=O) groups is 1. The molecule has 0 saturated carbocycles. The van der Waals surface area contributed by atoms with Gasteiger partial charge in [-0.2, -0.15) is 0 Å². The van der Waals surface area contributed by atoms with Crippen LogP contribution in [0.4, 0.5) is 0 Å². The minimum Gasteiger partial charge on any atom is -0.292 e. The van der Waals surface area contributed by atoms with Crippen molar-refractivity contribution in [3.8, 4) is 0 Å². The van der Waals surface area contributed by atoms with Crippen molar-refractivity contribution in [3.63, 3.8) is 0 Å². The fourth-order valence-corrected chi connectivity index (χ4v) is 3.88. The molecule has 0 unspecified atom stereocenters. The summed E-state index contributed by atoms with van der Waals surface area (Å²) < 4.78 is 0.986. The van der Waals surface area contributed by atoms with Crippen LogP contribution in [-0.2, 0) is 0 Å². The summed E-state index contributed by atoms with van der Waals surface area (Å²) in [6.45, 7) is 4.01. The smallest absolute Gasteiger partial charge is 0.183 e. The second-order valence-corrected chi connectivity index (χ2v) is 7.40. The average Bonchev–Trinajstić information content (AvgIpc) is 2.71. The summed E-state index contributed by atoms with van der Waals surface area (Å²) in [6, 6.07) is 7.79. The summed E-state index contributed by atoms with van der Waals surface area (Å²) in [5.41, 5.74) is 2.17. The van der Waals surface area contributed by atoms with Crippen molar-refractivity contribution in [1.82, 2.24) is 4.98 Å². The first-order valence-corrected chi connectivity index (χ1v) is 8.01. The molecule has 0 saturated heterocycles. The molecular weight excluding hydrogens is 330 g/mol. The number of aromatic nitrogens is 1. The lowest BCUT2D eigenvalue weighted by Crippen LogP contribution is -2.00. The van der Waals surface area contributed by atoms with Gasteiger partial charge in [0, 0.05) is 5.69 Å². The number of hydrogen-bond acceptors (Lipinski definition) is 4. The standard InChI is InChI=1S/C13H12BrNOS2/c1-8-5-9(2)15-13(6-8)17-7-10(16)11-3-4-12(14)18-11/h3-6H,7H2,1-2H3. The summed E-state index contributed by atoms with van der Waals surface area (Å²) in [5.74, 6) is 0.583. The Morgan fingerprint density at radius 1 is 1.39 bits per heavy atom. The molecule has 0 fully saturated rings. The molecular formula is C13H12BrNOS2. The van der Waals surface area contributed by atoms with E-state index in [1.54, 1.807) is 0 Å². The van der Waals surface area contributed by atoms with E-state index >= 15 is 0 Å². The van der Waals surface area contributed by atoms with E-state index in [1.165, 1.54) is 28.7 Å². The average molecular weight is 342 g/mol. The molecule has 0 aromatic carbocycles. The molecule has 2 aromatic rings. The lowest BCUT2D eigenvalue weighted by Gasteiger charge is -2.02. The molecule has 0 spiro atoms. The van der Waals surface area contributed by atoms with Crippen LogP contribution >= 0.6 is 39.0 Å². The number of aryl methyl sites for hydroxylation is 2. The first-order chi connectivity index (χ1) is 8.54. The molecule has 2 rings (SSSR count). The molecule has 0 aliphatic carbocycles. The van der Waals surface area contributed by atoms with E-state index in [-0.39, 0.29) is 5.78 Å². The van der Waals surface area contributed by atoms with Gasteiger partial charge >= 0.3 is 0 Å². The predicted octanol–water partition coefficient (Wildman–Crippen LogP) is 4.50. The first kappa shape index (κ1) is 13.8. The number of pyridine rings is 1. The van der Waals surface area contributed by atoms with Gasteiger partial charge in [0.1, 0.15) is 0 Å². The predicted molar refractivity (Wildman–Crippen MR) is 80.8 cm³/mol. The zero-order valence-electron chi connectivity index (χ0n) is 10.1. The number of halogens is 1. The molecule has 0 amide bonds. The Balaban J connectivity index is 2.01. The number of Topliss-reactive ketones (excluding diaryl/α,β-unsaturated/α-hetero) is 1. The van der Waals surface area contributed by atoms with Gasteiger partial charge in [0.05, 0.1) is 19.4 Å². The highest BCUT2D eigenvalue weighted by molar-refractivity contribution is 9.11. The van der Waals surface area contributed by atoms with Crippen LogP contribution in [0.25, 0.3) is 0 Å². The van der Waals surface area contributed by atoms with E-state index in [9.17, 15) is 4.79 Å². The summed E-state index contributed by atoms with van der Waals surface area (Å²) in [6.07, 6.45) is 0. The molecule has 2 nitrogen and oxygen atoms in total. The summed E-state index contributed by atoms with van der Waals surface area (Å²) in [4.78, 5) is 17.1. The molecule has 18 heavy (non-hydrogen) atoms. The minimum absolute atomic E-state index is 0.150. The summed E-state index contributed by atoms with van der Waals surface area (Å²) in [5, 5.41) is 0.913. The number of carbonyl (C=O) groups excluding carboxylic acids is 1. The van der Waals surface area contributed by atoms with Crippen LogP contribution in [0.5, 0.6) is 0 Å². The third-order valence-electron chi connectivity index (χ3n) is 2.27. The Labute approximate surface area is 123 Å². The van der Waals surface area contributed by atoms with E-state index in [0.29, 0.717) is 5.75 Å². The zero-order valence-corrected chi connectivity index (χ0v) is 13.3. The van der Waals surface area contributed by atoms with Gasteiger partial charge in [-0.1, -0.05) is 11.8 Å². The molecule has 0 aliphatic heterocycles. The number of rotatable bonds is 4. The van der Waals surface area contributed by atoms with Crippen molar-refractivity contribution < 1.29 is 4.79 Å². The van der Waals surface area contributed by atoms with E-state index in [4.69, 9.17) is 0 Å². The number of ketones is 1. The largest absolute Gasteiger partial charge is 0.292 e. The fraction of sp³-hybridized carbons (Fsp3) is 0.231. The van der Waals surface area contributed by atoms with Crippen molar-refractivity contribution >= 4 is 44.8 Å². The van der Waals surface area contributed by atoms with Gasteiger partial charge in [-0.15, -0.1) is 11.3 Å². The highest BCUT2D eigenvalue weighted by Crippen LogP contribution is 2.25. The third-order valence-corrected chi connectivity index (χ3v) is 4.85. The van der Waals surface area contributed by atoms with Crippen LogP contribution in [-0.4, -0.2) is 16.5 Å². The maximum Gasteiger partial charge on any atom is 0.183 e. The highest BCUT2D eigenvalue weighted by Gasteiger charge is 2.10. The van der Waals surface area contributed by atoms with E-state index < -0.39 is 0 Å². The van der Waals surface area contributed by atoms with Gasteiger partial charge in [0.15, 0.2) is 5.78 Å². The molecule has 5 heteroatoms. The van der Waals surface area contributed by atoms with Crippen molar-refractivity contribution in [2.75, 3.05) is 5.75 Å². The monoisotopic (exact) mass is 341 g/mol. The van der Waals surface area contributed by atoms with Gasteiger partial charge < -0.3 is 0 Å².